The van der Waals surface area contributed by atoms with Gasteiger partial charge in [-0.2, -0.15) is 0 Å². The quantitative estimate of drug-likeness (QED) is 0.788. The zero-order chi connectivity index (χ0) is 15.2. The molecule has 0 aromatic carbocycles. The van der Waals surface area contributed by atoms with E-state index in [1.165, 1.54) is 0 Å². The lowest BCUT2D eigenvalue weighted by Crippen LogP contribution is -2.43. The number of nitrogens with two attached hydrogens (primary N) is 1. The molecule has 1 aliphatic heterocycles. The number of nitrogens with one attached hydrogen (secondary N) is 1. The van der Waals surface area contributed by atoms with Crippen molar-refractivity contribution in [2.24, 2.45) is 5.92 Å². The lowest BCUT2D eigenvalue weighted by molar-refractivity contribution is -0.121. The molecule has 0 saturated carbocycles. The minimum Gasteiger partial charge on any atom is -0.384 e. The lowest BCUT2D eigenvalue weighted by Gasteiger charge is -2.27. The minimum atomic E-state index is -0.0110. The predicted molar refractivity (Wildman–Crippen MR) is 84.3 cm³/mol. The van der Waals surface area contributed by atoms with Crippen molar-refractivity contribution >= 4 is 24.8 Å². The first-order chi connectivity index (χ1) is 10.0. The largest absolute Gasteiger partial charge is 0.384 e. The molecular formula is C15H22BN3O2. The summed E-state index contributed by atoms with van der Waals surface area (Å²) in [5.41, 5.74) is 6.30. The van der Waals surface area contributed by atoms with Crippen molar-refractivity contribution in [3.05, 3.63) is 23.9 Å². The van der Waals surface area contributed by atoms with Crippen LogP contribution in [0.25, 0.3) is 0 Å². The summed E-state index contributed by atoms with van der Waals surface area (Å²) in [7, 11) is 0.952. The minimum absolute atomic E-state index is 0.0110. The summed E-state index contributed by atoms with van der Waals surface area (Å²) in [5.74, 6) is 1.40. The van der Waals surface area contributed by atoms with Crippen LogP contribution in [0.1, 0.15) is 31.9 Å². The van der Waals surface area contributed by atoms with Gasteiger partial charge in [0.1, 0.15) is 18.9 Å². The number of anilines is 1. The second kappa shape index (κ2) is 7.25. The number of aromatic nitrogens is 1. The maximum atomic E-state index is 12.0. The van der Waals surface area contributed by atoms with E-state index in [4.69, 9.17) is 5.73 Å². The maximum absolute atomic E-state index is 12.0. The van der Waals surface area contributed by atoms with E-state index in [1.807, 2.05) is 0 Å². The van der Waals surface area contributed by atoms with E-state index >= 15 is 0 Å². The fourth-order valence-corrected chi connectivity index (χ4v) is 2.96. The van der Waals surface area contributed by atoms with Crippen LogP contribution in [0, 0.1) is 5.92 Å². The second-order valence-corrected chi connectivity index (χ2v) is 5.92. The molecule has 1 aromatic heterocycles. The highest BCUT2D eigenvalue weighted by Gasteiger charge is 2.24. The van der Waals surface area contributed by atoms with Crippen LogP contribution in [0.3, 0.4) is 0 Å². The fourth-order valence-electron chi connectivity index (χ4n) is 2.96. The third kappa shape index (κ3) is 5.21. The Bertz CT molecular complexity index is 513. The molecule has 2 heterocycles. The number of hydrogen-bond acceptors (Lipinski definition) is 4. The molecule has 0 aliphatic carbocycles. The molecule has 0 bridgehead atoms. The summed E-state index contributed by atoms with van der Waals surface area (Å²) in [5, 5.41) is 3.06. The van der Waals surface area contributed by atoms with Crippen LogP contribution in [-0.2, 0) is 16.0 Å². The highest BCUT2D eigenvalue weighted by molar-refractivity contribution is 6.38. The Labute approximate surface area is 125 Å². The molecule has 1 saturated heterocycles. The van der Waals surface area contributed by atoms with Gasteiger partial charge >= 0.3 is 0 Å². The van der Waals surface area contributed by atoms with E-state index in [9.17, 15) is 9.59 Å². The Balaban J connectivity index is 1.75. The Kier molecular flexibility index (Phi) is 5.36. The van der Waals surface area contributed by atoms with Gasteiger partial charge in [-0.25, -0.2) is 4.98 Å². The topological polar surface area (TPSA) is 85.1 Å². The average Bonchev–Trinajstić information content (AvgIpc) is 2.40. The fraction of sp³-hybridized carbons (Fsp3) is 0.533. The monoisotopic (exact) mass is 287 g/mol. The second-order valence-electron chi connectivity index (χ2n) is 5.92. The summed E-state index contributed by atoms with van der Waals surface area (Å²) >= 11 is 0. The molecule has 0 radical (unpaired) electrons. The van der Waals surface area contributed by atoms with Crippen molar-refractivity contribution in [1.82, 2.24) is 10.3 Å². The molecule has 21 heavy (non-hydrogen) atoms. The van der Waals surface area contributed by atoms with Crippen molar-refractivity contribution in [2.75, 3.05) is 5.73 Å². The number of nitrogens with zero attached hydrogens (tertiary/aromatic N) is 1. The van der Waals surface area contributed by atoms with Gasteiger partial charge in [0.05, 0.1) is 12.1 Å². The Hall–Kier alpha value is -1.85. The Morgan fingerprint density at radius 3 is 2.86 bits per heavy atom. The van der Waals surface area contributed by atoms with Crippen molar-refractivity contribution in [3.63, 3.8) is 0 Å². The van der Waals surface area contributed by atoms with Crippen LogP contribution >= 0.6 is 0 Å². The van der Waals surface area contributed by atoms with Crippen molar-refractivity contribution in [3.8, 4) is 0 Å². The van der Waals surface area contributed by atoms with Crippen LogP contribution < -0.4 is 11.1 Å². The number of pyridine rings is 1. The van der Waals surface area contributed by atoms with Gasteiger partial charge < -0.3 is 15.8 Å². The lowest BCUT2D eigenvalue weighted by atomic mass is 9.56. The molecule has 5 nitrogen and oxygen atoms in total. The van der Waals surface area contributed by atoms with Gasteiger partial charge in [0.15, 0.2) is 0 Å². The van der Waals surface area contributed by atoms with Crippen molar-refractivity contribution < 1.29 is 9.59 Å². The number of carbonyl (C=O) groups is 2. The number of amides is 1. The molecule has 6 heteroatoms. The number of rotatable bonds is 5. The third-order valence-electron chi connectivity index (χ3n) is 3.96. The highest BCUT2D eigenvalue weighted by Crippen LogP contribution is 2.23. The van der Waals surface area contributed by atoms with Crippen LogP contribution in [0.5, 0.6) is 0 Å². The third-order valence-corrected chi connectivity index (χ3v) is 3.96. The molecule has 0 spiro atoms. The Morgan fingerprint density at radius 2 is 2.24 bits per heavy atom. The van der Waals surface area contributed by atoms with Crippen LogP contribution in [0.2, 0.25) is 6.32 Å². The molecule has 1 aromatic rings. The van der Waals surface area contributed by atoms with Gasteiger partial charge in [-0.1, -0.05) is 12.4 Å². The van der Waals surface area contributed by atoms with Gasteiger partial charge in [-0.15, -0.1) is 0 Å². The van der Waals surface area contributed by atoms with Crippen LogP contribution in [0.15, 0.2) is 18.2 Å². The van der Waals surface area contributed by atoms with Gasteiger partial charge in [0.25, 0.3) is 0 Å². The van der Waals surface area contributed by atoms with E-state index in [2.05, 4.69) is 10.3 Å². The number of carbonyl (C=O) groups excluding carboxylic acids is 2. The number of ketones is 1. The predicted octanol–water partition coefficient (Wildman–Crippen LogP) is 0.892. The smallest absolute Gasteiger partial charge is 0.225 e. The van der Waals surface area contributed by atoms with Crippen molar-refractivity contribution in [1.29, 1.82) is 0 Å². The summed E-state index contributed by atoms with van der Waals surface area (Å²) in [6, 6.07) is 5.31. The molecule has 3 N–H and O–H groups in total. The molecule has 2 rings (SSSR count). The number of nitrogen functional groups attached to an aromatic ring is 1. The standard InChI is InChI=1S/C15H22BN3O2/c1-10(20)7-11-5-6-13(16-9-11)19-15(21)8-12-3-2-4-14(17)18-12/h2-4,11,13,16H,5-9H2,1H3,(H2,17,18)(H,19,21). The average molecular weight is 287 g/mol. The highest BCUT2D eigenvalue weighted by atomic mass is 16.1. The SMILES string of the molecule is CC(=O)CC1CBC(NC(=O)Cc2cccc(N)n2)CC1. The Morgan fingerprint density at radius 1 is 1.43 bits per heavy atom. The van der Waals surface area contributed by atoms with E-state index < -0.39 is 0 Å². The van der Waals surface area contributed by atoms with Gasteiger partial charge in [0.2, 0.25) is 5.91 Å². The number of Topliss-reactive ketones (excluding diaryl/α,β-unsaturated/α-hetero) is 1. The normalized spacial score (nSPS) is 21.4. The van der Waals surface area contributed by atoms with Crippen molar-refractivity contribution in [2.45, 2.75) is 44.9 Å². The molecule has 2 unspecified atom stereocenters. The molecular weight excluding hydrogens is 265 g/mol. The summed E-state index contributed by atoms with van der Waals surface area (Å²) < 4.78 is 0. The molecule has 1 amide bonds. The van der Waals surface area contributed by atoms with E-state index in [1.54, 1.807) is 25.1 Å². The zero-order valence-corrected chi connectivity index (χ0v) is 12.5. The molecule has 1 fully saturated rings. The van der Waals surface area contributed by atoms with Gasteiger partial charge in [0, 0.05) is 12.4 Å². The first-order valence-electron chi connectivity index (χ1n) is 7.53. The summed E-state index contributed by atoms with van der Waals surface area (Å²) in [4.78, 5) is 27.3. The summed E-state index contributed by atoms with van der Waals surface area (Å²) in [6.45, 7) is 1.65. The summed E-state index contributed by atoms with van der Waals surface area (Å²) in [6.07, 6.45) is 3.92. The molecule has 1 aliphatic rings. The zero-order valence-electron chi connectivity index (χ0n) is 12.5. The molecule has 112 valence electrons. The van der Waals surface area contributed by atoms with Crippen LogP contribution in [-0.4, -0.2) is 29.9 Å². The van der Waals surface area contributed by atoms with Crippen LogP contribution in [0.4, 0.5) is 5.82 Å². The maximum Gasteiger partial charge on any atom is 0.225 e. The number of hydrogen-bond donors (Lipinski definition) is 2. The van der Waals surface area contributed by atoms with E-state index in [0.29, 0.717) is 23.9 Å². The van der Waals surface area contributed by atoms with Gasteiger partial charge in [-0.3, -0.25) is 4.79 Å². The molecule has 2 atom stereocenters. The first-order valence-corrected chi connectivity index (χ1v) is 7.53. The van der Waals surface area contributed by atoms with Gasteiger partial charge in [-0.05, 0) is 37.8 Å². The van der Waals surface area contributed by atoms with E-state index in [0.717, 1.165) is 26.4 Å². The first kappa shape index (κ1) is 15.5. The van der Waals surface area contributed by atoms with E-state index in [-0.39, 0.29) is 24.1 Å².